The summed E-state index contributed by atoms with van der Waals surface area (Å²) in [5.41, 5.74) is 5.04. The van der Waals surface area contributed by atoms with E-state index in [1.54, 1.807) is 0 Å². The normalized spacial score (nSPS) is 15.9. The van der Waals surface area contributed by atoms with Gasteiger partial charge in [0.25, 0.3) is 0 Å². The van der Waals surface area contributed by atoms with Crippen LogP contribution < -0.4 is 4.90 Å². The molecule has 0 spiro atoms. The van der Waals surface area contributed by atoms with Gasteiger partial charge in [0.1, 0.15) is 5.82 Å². The molecule has 4 heterocycles. The predicted octanol–water partition coefficient (Wildman–Crippen LogP) is 2.55. The summed E-state index contributed by atoms with van der Waals surface area (Å²) < 4.78 is 1.98. The second-order valence-corrected chi connectivity index (χ2v) is 6.61. The summed E-state index contributed by atoms with van der Waals surface area (Å²) in [6, 6.07) is 8.27. The van der Waals surface area contributed by atoms with Crippen molar-refractivity contribution in [2.45, 2.75) is 20.8 Å². The molecule has 3 aromatic heterocycles. The highest BCUT2D eigenvalue weighted by Crippen LogP contribution is 2.25. The highest BCUT2D eigenvalue weighted by molar-refractivity contribution is 5.67. The van der Waals surface area contributed by atoms with E-state index in [1.807, 2.05) is 30.6 Å². The van der Waals surface area contributed by atoms with Gasteiger partial charge in [-0.3, -0.25) is 4.98 Å². The highest BCUT2D eigenvalue weighted by Gasteiger charge is 2.19. The first-order valence-corrected chi connectivity index (χ1v) is 8.92. The number of nitrogens with zero attached hydrogens (tertiary/aromatic N) is 6. The number of pyridine rings is 1. The van der Waals surface area contributed by atoms with Crippen LogP contribution in [0.1, 0.15) is 18.3 Å². The van der Waals surface area contributed by atoms with Crippen LogP contribution in [0.2, 0.25) is 0 Å². The Balaban J connectivity index is 1.74. The first kappa shape index (κ1) is 16.0. The van der Waals surface area contributed by atoms with Crippen LogP contribution in [-0.2, 0) is 0 Å². The van der Waals surface area contributed by atoms with Crippen molar-refractivity contribution in [3.63, 3.8) is 0 Å². The second kappa shape index (κ2) is 6.44. The molecule has 0 bridgehead atoms. The van der Waals surface area contributed by atoms with Crippen LogP contribution >= 0.6 is 0 Å². The summed E-state index contributed by atoms with van der Waals surface area (Å²) >= 11 is 0. The molecule has 1 aliphatic rings. The Morgan fingerprint density at radius 2 is 1.84 bits per heavy atom. The number of hydrogen-bond acceptors (Lipinski definition) is 5. The number of piperazine rings is 1. The van der Waals surface area contributed by atoms with E-state index < -0.39 is 0 Å². The molecular weight excluding hydrogens is 312 g/mol. The fraction of sp³-hybridized carbons (Fsp3) is 0.421. The largest absolute Gasteiger partial charge is 0.353 e. The molecule has 6 heteroatoms. The van der Waals surface area contributed by atoms with Gasteiger partial charge in [-0.15, -0.1) is 5.10 Å². The van der Waals surface area contributed by atoms with Crippen molar-refractivity contribution in [3.8, 4) is 11.3 Å². The summed E-state index contributed by atoms with van der Waals surface area (Å²) in [6.07, 6.45) is 1.84. The molecule has 1 aliphatic heterocycles. The zero-order valence-electron chi connectivity index (χ0n) is 15.1. The zero-order valence-corrected chi connectivity index (χ0v) is 15.1. The lowest BCUT2D eigenvalue weighted by atomic mass is 10.1. The predicted molar refractivity (Wildman–Crippen MR) is 100 cm³/mol. The van der Waals surface area contributed by atoms with Gasteiger partial charge < -0.3 is 9.80 Å². The molecule has 1 saturated heterocycles. The Hall–Kier alpha value is -2.47. The minimum Gasteiger partial charge on any atom is -0.353 e. The lowest BCUT2D eigenvalue weighted by Crippen LogP contribution is -2.46. The number of likely N-dealkylation sites (N-methyl/N-ethyl adjacent to an activating group) is 1. The van der Waals surface area contributed by atoms with Gasteiger partial charge in [0.05, 0.1) is 11.4 Å². The number of imidazole rings is 1. The van der Waals surface area contributed by atoms with Crippen LogP contribution in [0.15, 0.2) is 30.5 Å². The molecule has 6 nitrogen and oxygen atoms in total. The van der Waals surface area contributed by atoms with Crippen LogP contribution in [0, 0.1) is 13.8 Å². The van der Waals surface area contributed by atoms with Gasteiger partial charge in [0.2, 0.25) is 0 Å². The van der Waals surface area contributed by atoms with Gasteiger partial charge in [-0.1, -0.05) is 6.92 Å². The second-order valence-electron chi connectivity index (χ2n) is 6.61. The molecule has 130 valence electrons. The van der Waals surface area contributed by atoms with E-state index in [0.717, 1.165) is 66.8 Å². The number of aryl methyl sites for hydroxylation is 2. The fourth-order valence-electron chi connectivity index (χ4n) is 3.52. The fourth-order valence-corrected chi connectivity index (χ4v) is 3.52. The van der Waals surface area contributed by atoms with Crippen molar-refractivity contribution in [1.29, 1.82) is 0 Å². The maximum atomic E-state index is 4.92. The molecule has 0 unspecified atom stereocenters. The van der Waals surface area contributed by atoms with Gasteiger partial charge in [0.15, 0.2) is 5.65 Å². The minimum absolute atomic E-state index is 0.887. The average molecular weight is 336 g/mol. The molecule has 0 atom stereocenters. The number of rotatable bonds is 3. The van der Waals surface area contributed by atoms with Gasteiger partial charge in [0, 0.05) is 43.6 Å². The Morgan fingerprint density at radius 1 is 1.04 bits per heavy atom. The smallest absolute Gasteiger partial charge is 0.154 e. The van der Waals surface area contributed by atoms with Crippen LogP contribution in [0.5, 0.6) is 0 Å². The lowest BCUT2D eigenvalue weighted by Gasteiger charge is -2.34. The molecule has 0 amide bonds. The van der Waals surface area contributed by atoms with E-state index >= 15 is 0 Å². The molecule has 0 aliphatic carbocycles. The van der Waals surface area contributed by atoms with Crippen molar-refractivity contribution in [2.75, 3.05) is 37.6 Å². The molecular formula is C19H24N6. The van der Waals surface area contributed by atoms with Gasteiger partial charge in [-0.2, -0.15) is 0 Å². The maximum absolute atomic E-state index is 4.92. The van der Waals surface area contributed by atoms with Crippen molar-refractivity contribution >= 4 is 11.5 Å². The lowest BCUT2D eigenvalue weighted by molar-refractivity contribution is 0.270. The van der Waals surface area contributed by atoms with Crippen LogP contribution in [-0.4, -0.2) is 57.2 Å². The number of hydrogen-bond donors (Lipinski definition) is 0. The molecule has 0 saturated carbocycles. The third-order valence-electron chi connectivity index (χ3n) is 4.95. The Kier molecular flexibility index (Phi) is 4.13. The molecule has 0 N–H and O–H groups in total. The van der Waals surface area contributed by atoms with E-state index in [1.165, 1.54) is 0 Å². The SMILES string of the molecule is CCN1CCN(c2ccc3nc(C)c(-c4ccnc(C)c4)n3n2)CC1. The molecule has 0 aromatic carbocycles. The highest BCUT2D eigenvalue weighted by atomic mass is 15.4. The van der Waals surface area contributed by atoms with Crippen molar-refractivity contribution in [2.24, 2.45) is 0 Å². The maximum Gasteiger partial charge on any atom is 0.154 e. The van der Waals surface area contributed by atoms with Crippen LogP contribution in [0.25, 0.3) is 16.9 Å². The van der Waals surface area contributed by atoms with Crippen LogP contribution in [0.3, 0.4) is 0 Å². The molecule has 4 rings (SSSR count). The molecule has 1 fully saturated rings. The minimum atomic E-state index is 0.887. The topological polar surface area (TPSA) is 49.6 Å². The van der Waals surface area contributed by atoms with E-state index in [2.05, 4.69) is 44.9 Å². The Morgan fingerprint density at radius 3 is 2.56 bits per heavy atom. The third-order valence-corrected chi connectivity index (χ3v) is 4.95. The summed E-state index contributed by atoms with van der Waals surface area (Å²) in [6.45, 7) is 11.6. The van der Waals surface area contributed by atoms with E-state index in [0.29, 0.717) is 0 Å². The third kappa shape index (κ3) is 2.98. The van der Waals surface area contributed by atoms with Crippen molar-refractivity contribution in [1.82, 2.24) is 24.5 Å². The molecule has 3 aromatic rings. The summed E-state index contributed by atoms with van der Waals surface area (Å²) in [4.78, 5) is 13.8. The average Bonchev–Trinajstić information content (AvgIpc) is 2.96. The quantitative estimate of drug-likeness (QED) is 0.736. The van der Waals surface area contributed by atoms with Crippen LogP contribution in [0.4, 0.5) is 5.82 Å². The van der Waals surface area contributed by atoms with E-state index in [4.69, 9.17) is 5.10 Å². The summed E-state index contributed by atoms with van der Waals surface area (Å²) in [5, 5.41) is 4.92. The van der Waals surface area contributed by atoms with E-state index in [-0.39, 0.29) is 0 Å². The first-order valence-electron chi connectivity index (χ1n) is 8.92. The zero-order chi connectivity index (χ0) is 17.4. The van der Waals surface area contributed by atoms with Crippen molar-refractivity contribution < 1.29 is 0 Å². The van der Waals surface area contributed by atoms with Gasteiger partial charge in [-0.05, 0) is 44.7 Å². The standard InChI is InChI=1S/C19H24N6/c1-4-23-9-11-24(12-10-23)18-6-5-17-21-15(3)19(25(17)22-18)16-7-8-20-14(2)13-16/h5-8,13H,4,9-12H2,1-3H3. The summed E-state index contributed by atoms with van der Waals surface area (Å²) in [5.74, 6) is 1.02. The Bertz CT molecular complexity index is 892. The molecule has 0 radical (unpaired) electrons. The number of fused-ring (bicyclic) bond motifs is 1. The van der Waals surface area contributed by atoms with Gasteiger partial charge >= 0.3 is 0 Å². The monoisotopic (exact) mass is 336 g/mol. The van der Waals surface area contributed by atoms with Crippen molar-refractivity contribution in [3.05, 3.63) is 41.9 Å². The first-order chi connectivity index (χ1) is 12.2. The Labute approximate surface area is 148 Å². The summed E-state index contributed by atoms with van der Waals surface area (Å²) in [7, 11) is 0. The number of anilines is 1. The van der Waals surface area contributed by atoms with E-state index in [9.17, 15) is 0 Å². The molecule has 25 heavy (non-hydrogen) atoms. The number of aromatic nitrogens is 4. The van der Waals surface area contributed by atoms with Gasteiger partial charge in [-0.25, -0.2) is 9.50 Å².